The van der Waals surface area contributed by atoms with E-state index in [0.717, 1.165) is 35.0 Å². The Hall–Kier alpha value is -2.35. The summed E-state index contributed by atoms with van der Waals surface area (Å²) in [5, 5.41) is 25.7. The number of H-pyrrole nitrogens is 1. The number of piperidine rings is 1. The first kappa shape index (κ1) is 20.4. The van der Waals surface area contributed by atoms with Crippen molar-refractivity contribution < 1.29 is 14.4 Å². The molecule has 1 aliphatic heterocycles. The first-order valence-corrected chi connectivity index (χ1v) is 10.1. The van der Waals surface area contributed by atoms with Gasteiger partial charge >= 0.3 is 0 Å². The van der Waals surface area contributed by atoms with E-state index in [2.05, 4.69) is 46.9 Å². The minimum Gasteiger partial charge on any atom is -0.550 e. The summed E-state index contributed by atoms with van der Waals surface area (Å²) in [6.45, 7) is 4.30. The van der Waals surface area contributed by atoms with E-state index in [0.29, 0.717) is 24.6 Å². The summed E-state index contributed by atoms with van der Waals surface area (Å²) in [6, 6.07) is 4.15. The zero-order valence-corrected chi connectivity index (χ0v) is 17.0. The summed E-state index contributed by atoms with van der Waals surface area (Å²) in [5.74, 6) is -1.07. The fraction of sp³-hybridized carbons (Fsp3) is 0.650. The molecule has 0 amide bonds. The Balaban J connectivity index is 1.73. The molecule has 8 nitrogen and oxygen atoms in total. The minimum atomic E-state index is -1.06. The molecule has 1 N–H and O–H groups in total. The molecule has 2 aromatic rings. The molecule has 1 saturated heterocycles. The normalized spacial score (nSPS) is 19.2. The first-order valence-electron chi connectivity index (χ1n) is 10.1. The van der Waals surface area contributed by atoms with Gasteiger partial charge in [0.2, 0.25) is 0 Å². The van der Waals surface area contributed by atoms with Crippen molar-refractivity contribution in [2.75, 3.05) is 27.2 Å². The van der Waals surface area contributed by atoms with Crippen LogP contribution in [0, 0.1) is 5.92 Å². The average molecular weight is 387 g/mol. The highest BCUT2D eigenvalue weighted by Crippen LogP contribution is 2.31. The van der Waals surface area contributed by atoms with Crippen molar-refractivity contribution in [3.8, 4) is 0 Å². The van der Waals surface area contributed by atoms with Crippen molar-refractivity contribution in [3.63, 3.8) is 0 Å². The standard InChI is InChI=1S/C20H30N6O2/c1-4-5-16(20(27)28)17(19-22-24-25-23-19)12-14-6-7-18(21-13-14)15-8-10-26(2,3)11-9-15/h6-7,13,15-17H,4-5,8-12H2,1-3H3,(H-,22,23,24,25,27,28)/t16-,17-/m0/s1. The molecule has 1 fully saturated rings. The number of rotatable bonds is 8. The van der Waals surface area contributed by atoms with Crippen molar-refractivity contribution in [3.05, 3.63) is 35.4 Å². The number of carbonyl (C=O) groups excluding carboxylic acids is 1. The zero-order valence-electron chi connectivity index (χ0n) is 17.0. The summed E-state index contributed by atoms with van der Waals surface area (Å²) >= 11 is 0. The lowest BCUT2D eigenvalue weighted by atomic mass is 9.83. The number of pyridine rings is 1. The molecular formula is C20H30N6O2. The predicted molar refractivity (Wildman–Crippen MR) is 102 cm³/mol. The van der Waals surface area contributed by atoms with E-state index >= 15 is 0 Å². The van der Waals surface area contributed by atoms with Gasteiger partial charge in [-0.05, 0) is 34.9 Å². The Morgan fingerprint density at radius 2 is 2.07 bits per heavy atom. The molecule has 0 spiro atoms. The van der Waals surface area contributed by atoms with E-state index in [9.17, 15) is 9.90 Å². The monoisotopic (exact) mass is 386 g/mol. The highest BCUT2D eigenvalue weighted by molar-refractivity contribution is 5.69. The van der Waals surface area contributed by atoms with Crippen LogP contribution in [0.1, 0.15) is 61.5 Å². The van der Waals surface area contributed by atoms with Gasteiger partial charge in [0.25, 0.3) is 0 Å². The number of carboxylic acids is 1. The van der Waals surface area contributed by atoms with Crippen LogP contribution in [0.25, 0.3) is 0 Å². The van der Waals surface area contributed by atoms with E-state index in [1.54, 1.807) is 0 Å². The number of carboxylic acid groups (broad SMARTS) is 1. The largest absolute Gasteiger partial charge is 0.550 e. The number of likely N-dealkylation sites (tertiary alicyclic amines) is 1. The van der Waals surface area contributed by atoms with Gasteiger partial charge in [0.1, 0.15) is 0 Å². The summed E-state index contributed by atoms with van der Waals surface area (Å²) in [4.78, 5) is 16.4. The summed E-state index contributed by atoms with van der Waals surface area (Å²) in [5.41, 5.74) is 2.12. The maximum Gasteiger partial charge on any atom is 0.152 e. The SMILES string of the molecule is CCC[C@H](C(=O)[O-])[C@H](Cc1ccc(C2CC[N+](C)(C)CC2)nc1)c1nnn[nH]1. The molecule has 0 radical (unpaired) electrons. The zero-order chi connectivity index (χ0) is 20.1. The van der Waals surface area contributed by atoms with Crippen molar-refractivity contribution in [2.45, 2.75) is 50.9 Å². The van der Waals surface area contributed by atoms with Crippen LogP contribution in [0.15, 0.2) is 18.3 Å². The van der Waals surface area contributed by atoms with E-state index in [1.165, 1.54) is 13.1 Å². The molecule has 0 unspecified atom stereocenters. The van der Waals surface area contributed by atoms with Gasteiger partial charge in [0.05, 0.1) is 27.2 Å². The first-order chi connectivity index (χ1) is 13.4. The Morgan fingerprint density at radius 1 is 1.32 bits per heavy atom. The number of carbonyl (C=O) groups is 1. The number of nitrogens with one attached hydrogen (secondary N) is 1. The smallest absolute Gasteiger partial charge is 0.152 e. The van der Waals surface area contributed by atoms with E-state index < -0.39 is 11.9 Å². The molecule has 0 aromatic carbocycles. The van der Waals surface area contributed by atoms with Gasteiger partial charge in [-0.25, -0.2) is 5.10 Å². The lowest BCUT2D eigenvalue weighted by Gasteiger charge is -2.37. The Morgan fingerprint density at radius 3 is 2.61 bits per heavy atom. The van der Waals surface area contributed by atoms with Crippen molar-refractivity contribution in [1.82, 2.24) is 25.6 Å². The van der Waals surface area contributed by atoms with Gasteiger partial charge in [-0.1, -0.05) is 19.4 Å². The molecular weight excluding hydrogens is 356 g/mol. The number of tetrazole rings is 1. The third kappa shape index (κ3) is 4.92. The molecule has 0 bridgehead atoms. The van der Waals surface area contributed by atoms with E-state index in [1.807, 2.05) is 13.1 Å². The van der Waals surface area contributed by atoms with Crippen molar-refractivity contribution in [2.24, 2.45) is 5.92 Å². The quantitative estimate of drug-likeness (QED) is 0.679. The highest BCUT2D eigenvalue weighted by Gasteiger charge is 2.29. The van der Waals surface area contributed by atoms with Gasteiger partial charge in [-0.2, -0.15) is 0 Å². The van der Waals surface area contributed by atoms with Crippen LogP contribution in [0.5, 0.6) is 0 Å². The van der Waals surface area contributed by atoms with E-state index in [-0.39, 0.29) is 5.92 Å². The van der Waals surface area contributed by atoms with Crippen molar-refractivity contribution >= 4 is 5.97 Å². The third-order valence-corrected chi connectivity index (χ3v) is 5.99. The van der Waals surface area contributed by atoms with Gasteiger partial charge in [0, 0.05) is 48.5 Å². The second-order valence-corrected chi connectivity index (χ2v) is 8.56. The number of hydrogen-bond acceptors (Lipinski definition) is 6. The molecule has 3 rings (SSSR count). The molecule has 28 heavy (non-hydrogen) atoms. The second kappa shape index (κ2) is 8.77. The minimum absolute atomic E-state index is 0.361. The summed E-state index contributed by atoms with van der Waals surface area (Å²) < 4.78 is 1.07. The predicted octanol–water partition coefficient (Wildman–Crippen LogP) is 1.04. The van der Waals surface area contributed by atoms with Crippen LogP contribution in [0.4, 0.5) is 0 Å². The van der Waals surface area contributed by atoms with Crippen LogP contribution in [0.3, 0.4) is 0 Å². The Labute approximate surface area is 166 Å². The Kier molecular flexibility index (Phi) is 6.39. The molecule has 0 aliphatic carbocycles. The topological polar surface area (TPSA) is 107 Å². The van der Waals surface area contributed by atoms with Crippen LogP contribution < -0.4 is 5.11 Å². The van der Waals surface area contributed by atoms with Crippen LogP contribution >= 0.6 is 0 Å². The third-order valence-electron chi connectivity index (χ3n) is 5.99. The fourth-order valence-electron chi connectivity index (χ4n) is 4.16. The van der Waals surface area contributed by atoms with E-state index in [4.69, 9.17) is 4.98 Å². The maximum absolute atomic E-state index is 11.7. The number of aromatic amines is 1. The molecule has 8 heteroatoms. The van der Waals surface area contributed by atoms with Crippen LogP contribution in [0.2, 0.25) is 0 Å². The summed E-state index contributed by atoms with van der Waals surface area (Å²) in [6.07, 6.45) is 5.96. The molecule has 3 heterocycles. The Bertz CT molecular complexity index is 750. The van der Waals surface area contributed by atoms with Crippen molar-refractivity contribution in [1.29, 1.82) is 0 Å². The molecule has 2 atom stereocenters. The molecule has 152 valence electrons. The van der Waals surface area contributed by atoms with Gasteiger partial charge < -0.3 is 14.4 Å². The lowest BCUT2D eigenvalue weighted by Crippen LogP contribution is -2.45. The number of quaternary nitrogens is 1. The molecule has 1 aliphatic rings. The van der Waals surface area contributed by atoms with Gasteiger partial charge in [-0.15, -0.1) is 5.10 Å². The molecule has 2 aromatic heterocycles. The average Bonchev–Trinajstić information content (AvgIpc) is 3.19. The number of nitrogens with zero attached hydrogens (tertiary/aromatic N) is 5. The maximum atomic E-state index is 11.7. The molecule has 0 saturated carbocycles. The number of aromatic nitrogens is 5. The highest BCUT2D eigenvalue weighted by atomic mass is 16.4. The van der Waals surface area contributed by atoms with Gasteiger partial charge in [0.15, 0.2) is 5.82 Å². The lowest BCUT2D eigenvalue weighted by molar-refractivity contribution is -0.895. The van der Waals surface area contributed by atoms with Crippen LogP contribution in [-0.2, 0) is 11.2 Å². The number of hydrogen-bond donors (Lipinski definition) is 1. The second-order valence-electron chi connectivity index (χ2n) is 8.56. The summed E-state index contributed by atoms with van der Waals surface area (Å²) in [7, 11) is 4.55. The van der Waals surface area contributed by atoms with Crippen LogP contribution in [-0.4, -0.2) is 63.2 Å². The fourth-order valence-corrected chi connectivity index (χ4v) is 4.16. The van der Waals surface area contributed by atoms with Gasteiger partial charge in [-0.3, -0.25) is 4.98 Å². The number of aliphatic carboxylic acids is 1.